The van der Waals surface area contributed by atoms with Gasteiger partial charge in [-0.15, -0.1) is 0 Å². The minimum absolute atomic E-state index is 0. The third-order valence-electron chi connectivity index (χ3n) is 0.621. The molecule has 0 aromatic rings. The van der Waals surface area contributed by atoms with Crippen molar-refractivity contribution in [1.29, 1.82) is 0 Å². The van der Waals surface area contributed by atoms with E-state index in [0.717, 1.165) is 0 Å². The van der Waals surface area contributed by atoms with Crippen LogP contribution in [0.2, 0.25) is 0 Å². The molecule has 9 heavy (non-hydrogen) atoms. The van der Waals surface area contributed by atoms with Crippen LogP contribution in [-0.2, 0) is 37.5 Å². The van der Waals surface area contributed by atoms with Crippen molar-refractivity contribution in [2.45, 2.75) is 13.0 Å². The molecule has 0 aliphatic heterocycles. The molecule has 0 aromatic heterocycles. The van der Waals surface area contributed by atoms with Gasteiger partial charge in [-0.1, -0.05) is 0 Å². The number of carbonyl (C=O) groups is 1. The summed E-state index contributed by atoms with van der Waals surface area (Å²) < 4.78 is 0. The molecule has 0 saturated heterocycles. The summed E-state index contributed by atoms with van der Waals surface area (Å²) in [5, 5.41) is 2.46. The van der Waals surface area contributed by atoms with Gasteiger partial charge < -0.3 is 18.6 Å². The van der Waals surface area contributed by atoms with Crippen molar-refractivity contribution in [3.8, 4) is 0 Å². The van der Waals surface area contributed by atoms with E-state index in [1.54, 1.807) is 0 Å². The third kappa shape index (κ3) is 8.64. The van der Waals surface area contributed by atoms with Crippen LogP contribution in [0.4, 0.5) is 0 Å². The summed E-state index contributed by atoms with van der Waals surface area (Å²) in [7, 11) is 5.02. The first-order chi connectivity index (χ1) is 3.66. The summed E-state index contributed by atoms with van der Waals surface area (Å²) in [6.07, 6.45) is 1.32. The predicted molar refractivity (Wildman–Crippen MR) is 33.0 cm³/mol. The molecule has 0 aliphatic carbocycles. The second-order valence-electron chi connectivity index (χ2n) is 1.50. The van der Waals surface area contributed by atoms with Crippen molar-refractivity contribution < 1.29 is 37.5 Å². The summed E-state index contributed by atoms with van der Waals surface area (Å²) in [6, 6.07) is -0.271. The van der Waals surface area contributed by atoms with E-state index in [-0.39, 0.29) is 44.7 Å². The Hall–Kier alpha value is 0.639. The van der Waals surface area contributed by atoms with Crippen molar-refractivity contribution in [2.75, 3.05) is 0 Å². The number of hydrogen-bond acceptors (Lipinski definition) is 1. The first-order valence-corrected chi connectivity index (χ1v) is 2.32. The zero-order valence-electron chi connectivity index (χ0n) is 5.42. The van der Waals surface area contributed by atoms with Crippen LogP contribution in [0, 0.1) is 13.2 Å². The molecule has 0 saturated carbocycles. The first kappa shape index (κ1) is 12.3. The Balaban J connectivity index is 0. The van der Waals surface area contributed by atoms with E-state index in [1.807, 2.05) is 0 Å². The molecule has 0 unspecified atom stereocenters. The molecule has 0 fully saturated rings. The smallest absolute Gasteiger partial charge is 0.212 e. The fourth-order valence-corrected chi connectivity index (χ4v) is 0.309. The van der Waals surface area contributed by atoms with Crippen LogP contribution in [0.5, 0.6) is 0 Å². The van der Waals surface area contributed by atoms with Gasteiger partial charge in [0.2, 0.25) is 5.91 Å². The third-order valence-corrected chi connectivity index (χ3v) is 0.621. The predicted octanol–water partition coefficient (Wildman–Crippen LogP) is -0.347. The SMILES string of the molecule is [B][CH-][C@@H]([CH2-])NC(C)=O.[Y]. The van der Waals surface area contributed by atoms with Gasteiger partial charge in [-0.3, -0.25) is 4.79 Å². The van der Waals surface area contributed by atoms with Crippen molar-refractivity contribution in [3.63, 3.8) is 0 Å². The summed E-state index contributed by atoms with van der Waals surface area (Å²) in [4.78, 5) is 10.2. The first-order valence-electron chi connectivity index (χ1n) is 2.32. The number of hydrogen-bond donors (Lipinski definition) is 1. The van der Waals surface area contributed by atoms with Crippen LogP contribution in [0.1, 0.15) is 6.92 Å². The number of amides is 1. The van der Waals surface area contributed by atoms with E-state index in [4.69, 9.17) is 7.85 Å². The van der Waals surface area contributed by atoms with Crippen LogP contribution >= 0.6 is 0 Å². The molecule has 47 valence electrons. The van der Waals surface area contributed by atoms with Crippen LogP contribution in [-0.4, -0.2) is 19.8 Å². The normalized spacial score (nSPS) is 11.3. The molecule has 4 heteroatoms. The second kappa shape index (κ2) is 6.75. The van der Waals surface area contributed by atoms with E-state index in [9.17, 15) is 4.79 Å². The Bertz CT molecular complexity index is 89.0. The zero-order valence-corrected chi connectivity index (χ0v) is 8.26. The Morgan fingerprint density at radius 3 is 2.44 bits per heavy atom. The zero-order chi connectivity index (χ0) is 6.57. The Morgan fingerprint density at radius 1 is 1.89 bits per heavy atom. The molecule has 0 aliphatic rings. The Morgan fingerprint density at radius 2 is 2.33 bits per heavy atom. The van der Waals surface area contributed by atoms with Gasteiger partial charge in [0.05, 0.1) is 0 Å². The molecular weight excluding hydrogens is 190 g/mol. The van der Waals surface area contributed by atoms with E-state index in [0.29, 0.717) is 0 Å². The molecule has 3 radical (unpaired) electrons. The quantitative estimate of drug-likeness (QED) is 0.476. The minimum atomic E-state index is -0.271. The van der Waals surface area contributed by atoms with Gasteiger partial charge in [0.25, 0.3) is 0 Å². The van der Waals surface area contributed by atoms with Gasteiger partial charge in [0.15, 0.2) is 0 Å². The maximum absolute atomic E-state index is 10.2. The largest absolute Gasteiger partial charge is 0.412 e. The molecule has 1 atom stereocenters. The number of nitrogens with one attached hydrogen (secondary N) is 1. The molecular formula is C5H8BNOY-2. The van der Waals surface area contributed by atoms with E-state index in [2.05, 4.69) is 12.2 Å². The summed E-state index contributed by atoms with van der Waals surface area (Å²) in [6.45, 7) is 4.90. The minimum Gasteiger partial charge on any atom is -0.412 e. The number of carbonyl (C=O) groups excluding carboxylic acids is 1. The summed E-state index contributed by atoms with van der Waals surface area (Å²) >= 11 is 0. The van der Waals surface area contributed by atoms with Crippen molar-refractivity contribution in [2.24, 2.45) is 0 Å². The summed E-state index contributed by atoms with van der Waals surface area (Å²) in [5.74, 6) is -0.119. The van der Waals surface area contributed by atoms with Gasteiger partial charge in [-0.25, -0.2) is 6.04 Å². The maximum atomic E-state index is 10.2. The van der Waals surface area contributed by atoms with E-state index in [1.165, 1.54) is 13.2 Å². The van der Waals surface area contributed by atoms with Crippen molar-refractivity contribution >= 4 is 13.8 Å². The molecule has 0 heterocycles. The maximum Gasteiger partial charge on any atom is 0.212 e. The molecule has 0 aromatic carbocycles. The van der Waals surface area contributed by atoms with Gasteiger partial charge in [0.1, 0.15) is 0 Å². The van der Waals surface area contributed by atoms with Crippen molar-refractivity contribution in [1.82, 2.24) is 5.32 Å². The fourth-order valence-electron chi connectivity index (χ4n) is 0.309. The van der Waals surface area contributed by atoms with Crippen molar-refractivity contribution in [3.05, 3.63) is 13.2 Å². The molecule has 2 nitrogen and oxygen atoms in total. The van der Waals surface area contributed by atoms with E-state index < -0.39 is 0 Å². The number of rotatable bonds is 2. The average molecular weight is 198 g/mol. The Kier molecular flexibility index (Phi) is 9.25. The molecule has 0 spiro atoms. The van der Waals surface area contributed by atoms with Crippen LogP contribution in [0.3, 0.4) is 0 Å². The van der Waals surface area contributed by atoms with Crippen LogP contribution in [0.15, 0.2) is 0 Å². The van der Waals surface area contributed by atoms with E-state index >= 15 is 0 Å². The summed E-state index contributed by atoms with van der Waals surface area (Å²) in [5.41, 5.74) is 0. The topological polar surface area (TPSA) is 29.1 Å². The molecule has 0 bridgehead atoms. The van der Waals surface area contributed by atoms with Gasteiger partial charge in [-0.05, 0) is 0 Å². The molecule has 0 rings (SSSR count). The van der Waals surface area contributed by atoms with Gasteiger partial charge >= 0.3 is 0 Å². The standard InChI is InChI=1S/C5H8BNO.Y/c1-4(3-6)7-5(2)8;/h3-4H,1H2,2H3,(H,7,8);/q-2;/t4-;/m1./s1. The molecule has 1 N–H and O–H groups in total. The fraction of sp³-hybridized carbons (Fsp3) is 0.400. The van der Waals surface area contributed by atoms with Gasteiger partial charge in [0, 0.05) is 39.6 Å². The second-order valence-corrected chi connectivity index (χ2v) is 1.50. The van der Waals surface area contributed by atoms with Gasteiger partial charge in [-0.2, -0.15) is 7.85 Å². The average Bonchev–Trinajstić information content (AvgIpc) is 1.65. The Labute approximate surface area is 82.4 Å². The van der Waals surface area contributed by atoms with Crippen LogP contribution < -0.4 is 5.32 Å². The molecule has 1 amide bonds. The van der Waals surface area contributed by atoms with Crippen LogP contribution in [0.25, 0.3) is 0 Å². The monoisotopic (exact) mass is 198 g/mol.